The fraction of sp³-hybridized carbons (Fsp3) is 0.387. The molecule has 8 heteroatoms. The Kier molecular flexibility index (Phi) is 7.49. The smallest absolute Gasteiger partial charge is 0.249 e. The van der Waals surface area contributed by atoms with E-state index in [9.17, 15) is 4.79 Å². The van der Waals surface area contributed by atoms with Gasteiger partial charge in [0, 0.05) is 57.1 Å². The predicted octanol–water partition coefficient (Wildman–Crippen LogP) is 4.14. The van der Waals surface area contributed by atoms with E-state index in [2.05, 4.69) is 46.0 Å². The van der Waals surface area contributed by atoms with E-state index in [0.717, 1.165) is 81.3 Å². The molecule has 2 fully saturated rings. The van der Waals surface area contributed by atoms with Crippen molar-refractivity contribution in [1.82, 2.24) is 9.80 Å². The van der Waals surface area contributed by atoms with Crippen molar-refractivity contribution in [3.8, 4) is 28.0 Å². The number of fused-ring (bicyclic) bond motifs is 3. The van der Waals surface area contributed by atoms with Crippen LogP contribution >= 0.6 is 11.6 Å². The van der Waals surface area contributed by atoms with Crippen molar-refractivity contribution in [1.29, 1.82) is 0 Å². The number of carbonyl (C=O) groups excluding carboxylic acids is 1. The third kappa shape index (κ3) is 5.50. The number of morpholine rings is 1. The molecule has 39 heavy (non-hydrogen) atoms. The van der Waals surface area contributed by atoms with Crippen LogP contribution in [-0.2, 0) is 11.2 Å². The SMILES string of the molecule is CN1CCN(c2ccc3c(c2)Cc2c(C(N)=O)cc(-c4ccc(OCCN5CCOCC5)c(Cl)c4)cc2-3)CC1. The van der Waals surface area contributed by atoms with Gasteiger partial charge < -0.3 is 25.0 Å². The first kappa shape index (κ1) is 26.1. The highest BCUT2D eigenvalue weighted by Crippen LogP contribution is 2.43. The average molecular weight is 547 g/mol. The minimum atomic E-state index is -0.408. The number of halogens is 1. The second-order valence-electron chi connectivity index (χ2n) is 10.7. The molecule has 3 aliphatic rings. The fourth-order valence-electron chi connectivity index (χ4n) is 5.84. The molecule has 0 spiro atoms. The Morgan fingerprint density at radius 2 is 1.74 bits per heavy atom. The van der Waals surface area contributed by atoms with E-state index < -0.39 is 5.91 Å². The van der Waals surface area contributed by atoms with Crippen molar-refractivity contribution >= 4 is 23.2 Å². The van der Waals surface area contributed by atoms with Gasteiger partial charge in [-0.25, -0.2) is 0 Å². The van der Waals surface area contributed by atoms with E-state index in [-0.39, 0.29) is 0 Å². The molecule has 3 aromatic rings. The van der Waals surface area contributed by atoms with Crippen LogP contribution < -0.4 is 15.4 Å². The minimum absolute atomic E-state index is 0.408. The van der Waals surface area contributed by atoms with Gasteiger partial charge in [-0.15, -0.1) is 0 Å². The molecule has 1 aliphatic carbocycles. The lowest BCUT2D eigenvalue weighted by Gasteiger charge is -2.34. The molecular formula is C31H35ClN4O3. The van der Waals surface area contributed by atoms with Gasteiger partial charge in [-0.3, -0.25) is 9.69 Å². The summed E-state index contributed by atoms with van der Waals surface area (Å²) >= 11 is 6.64. The number of benzene rings is 3. The molecule has 0 saturated carbocycles. The maximum Gasteiger partial charge on any atom is 0.249 e. The van der Waals surface area contributed by atoms with E-state index in [1.165, 1.54) is 16.8 Å². The van der Waals surface area contributed by atoms with Gasteiger partial charge in [0.2, 0.25) is 5.91 Å². The maximum atomic E-state index is 12.6. The van der Waals surface area contributed by atoms with Crippen LogP contribution in [0.25, 0.3) is 22.3 Å². The summed E-state index contributed by atoms with van der Waals surface area (Å²) in [5, 5.41) is 0.549. The number of ether oxygens (including phenoxy) is 2. The summed E-state index contributed by atoms with van der Waals surface area (Å²) in [7, 11) is 2.17. The number of anilines is 1. The molecule has 0 aromatic heterocycles. The molecule has 2 heterocycles. The lowest BCUT2D eigenvalue weighted by molar-refractivity contribution is 0.0322. The quantitative estimate of drug-likeness (QED) is 0.376. The number of hydrogen-bond donors (Lipinski definition) is 1. The number of nitrogens with zero attached hydrogens (tertiary/aromatic N) is 3. The summed E-state index contributed by atoms with van der Waals surface area (Å²) in [5.74, 6) is 0.251. The average Bonchev–Trinajstić information content (AvgIpc) is 3.32. The van der Waals surface area contributed by atoms with Crippen molar-refractivity contribution in [2.75, 3.05) is 77.6 Å². The topological polar surface area (TPSA) is 71.3 Å². The third-order valence-electron chi connectivity index (χ3n) is 8.16. The first-order chi connectivity index (χ1) is 19.0. The molecule has 3 aromatic carbocycles. The molecule has 0 bridgehead atoms. The van der Waals surface area contributed by atoms with E-state index in [0.29, 0.717) is 29.4 Å². The number of amides is 1. The Hall–Kier alpha value is -3.10. The van der Waals surface area contributed by atoms with Gasteiger partial charge in [0.15, 0.2) is 0 Å². The van der Waals surface area contributed by atoms with E-state index in [1.54, 1.807) is 0 Å². The molecule has 0 atom stereocenters. The van der Waals surface area contributed by atoms with Crippen molar-refractivity contribution < 1.29 is 14.3 Å². The Balaban J connectivity index is 1.24. The highest BCUT2D eigenvalue weighted by atomic mass is 35.5. The van der Waals surface area contributed by atoms with Crippen LogP contribution in [0.1, 0.15) is 21.5 Å². The maximum absolute atomic E-state index is 12.6. The van der Waals surface area contributed by atoms with Gasteiger partial charge in [-0.1, -0.05) is 23.7 Å². The van der Waals surface area contributed by atoms with Crippen LogP contribution in [0.3, 0.4) is 0 Å². The molecule has 6 rings (SSSR count). The van der Waals surface area contributed by atoms with Crippen LogP contribution in [0, 0.1) is 0 Å². The van der Waals surface area contributed by atoms with E-state index >= 15 is 0 Å². The Labute approximate surface area is 235 Å². The largest absolute Gasteiger partial charge is 0.491 e. The second kappa shape index (κ2) is 11.2. The first-order valence-corrected chi connectivity index (χ1v) is 14.1. The first-order valence-electron chi connectivity index (χ1n) is 13.7. The number of nitrogens with two attached hydrogens (primary N) is 1. The summed E-state index contributed by atoms with van der Waals surface area (Å²) in [6.07, 6.45) is 0.710. The van der Waals surface area contributed by atoms with E-state index in [1.807, 2.05) is 24.3 Å². The zero-order valence-electron chi connectivity index (χ0n) is 22.4. The molecule has 1 amide bonds. The number of carbonyl (C=O) groups is 1. The normalized spacial score (nSPS) is 17.6. The van der Waals surface area contributed by atoms with Crippen LogP contribution in [0.5, 0.6) is 5.75 Å². The molecular weight excluding hydrogens is 512 g/mol. The van der Waals surface area contributed by atoms with Gasteiger partial charge in [0.25, 0.3) is 0 Å². The summed E-state index contributed by atoms with van der Waals surface area (Å²) in [6, 6.07) is 16.6. The highest BCUT2D eigenvalue weighted by Gasteiger charge is 2.26. The van der Waals surface area contributed by atoms with Crippen molar-refractivity contribution in [2.45, 2.75) is 6.42 Å². The van der Waals surface area contributed by atoms with E-state index in [4.69, 9.17) is 26.8 Å². The molecule has 7 nitrogen and oxygen atoms in total. The van der Waals surface area contributed by atoms with Gasteiger partial charge in [-0.05, 0) is 83.2 Å². The molecule has 2 N–H and O–H groups in total. The lowest BCUT2D eigenvalue weighted by Crippen LogP contribution is -2.44. The van der Waals surface area contributed by atoms with Gasteiger partial charge in [-0.2, -0.15) is 0 Å². The number of primary amides is 1. The zero-order valence-corrected chi connectivity index (χ0v) is 23.2. The fourth-order valence-corrected chi connectivity index (χ4v) is 6.07. The Morgan fingerprint density at radius 3 is 2.49 bits per heavy atom. The lowest BCUT2D eigenvalue weighted by atomic mass is 9.94. The Bertz CT molecular complexity index is 1380. The number of piperazine rings is 1. The predicted molar refractivity (Wildman–Crippen MR) is 156 cm³/mol. The number of rotatable bonds is 7. The molecule has 2 aliphatic heterocycles. The zero-order chi connectivity index (χ0) is 26.9. The molecule has 0 radical (unpaired) electrons. The van der Waals surface area contributed by atoms with Crippen LogP contribution in [0.2, 0.25) is 5.02 Å². The molecule has 2 saturated heterocycles. The van der Waals surface area contributed by atoms with Crippen LogP contribution in [-0.4, -0.2) is 88.4 Å². The second-order valence-corrected chi connectivity index (χ2v) is 11.1. The number of hydrogen-bond acceptors (Lipinski definition) is 6. The van der Waals surface area contributed by atoms with Crippen molar-refractivity contribution in [2.24, 2.45) is 5.73 Å². The van der Waals surface area contributed by atoms with Crippen molar-refractivity contribution in [3.63, 3.8) is 0 Å². The number of likely N-dealkylation sites (N-methyl/N-ethyl adjacent to an activating group) is 1. The standard InChI is InChI=1S/C31H35ClN4O3/c1-34-6-8-36(9-7-34)24-3-4-25-23(16-24)19-27-26(25)17-22(18-28(27)31(33)37)21-2-5-30(29(32)20-21)39-15-12-35-10-13-38-14-11-35/h2-5,16-18,20H,6-15,19H2,1H3,(H2,33,37). The third-order valence-corrected chi connectivity index (χ3v) is 8.46. The summed E-state index contributed by atoms with van der Waals surface area (Å²) in [5.41, 5.74) is 14.0. The van der Waals surface area contributed by atoms with Gasteiger partial charge >= 0.3 is 0 Å². The highest BCUT2D eigenvalue weighted by molar-refractivity contribution is 6.32. The van der Waals surface area contributed by atoms with Gasteiger partial charge in [0.05, 0.1) is 18.2 Å². The monoisotopic (exact) mass is 546 g/mol. The van der Waals surface area contributed by atoms with Gasteiger partial charge in [0.1, 0.15) is 12.4 Å². The summed E-state index contributed by atoms with van der Waals surface area (Å²) in [4.78, 5) is 19.7. The van der Waals surface area contributed by atoms with Crippen molar-refractivity contribution in [3.05, 3.63) is 70.2 Å². The van der Waals surface area contributed by atoms with Crippen LogP contribution in [0.4, 0.5) is 5.69 Å². The molecule has 0 unspecified atom stereocenters. The van der Waals surface area contributed by atoms with Crippen LogP contribution in [0.15, 0.2) is 48.5 Å². The minimum Gasteiger partial charge on any atom is -0.491 e. The Morgan fingerprint density at radius 1 is 0.949 bits per heavy atom. The molecule has 204 valence electrons. The summed E-state index contributed by atoms with van der Waals surface area (Å²) in [6.45, 7) is 8.96. The summed E-state index contributed by atoms with van der Waals surface area (Å²) < 4.78 is 11.4.